The number of hydrazine groups is 1. The molecule has 3 aromatic carbocycles. The van der Waals surface area contributed by atoms with E-state index in [-0.39, 0.29) is 43.6 Å². The number of carbonyl (C=O) groups is 3. The summed E-state index contributed by atoms with van der Waals surface area (Å²) in [6, 6.07) is 24.8. The highest BCUT2D eigenvalue weighted by Crippen LogP contribution is 2.29. The standard InChI is InChI=1S/C32H33N5O4/c1-2-18-35-23-30(39)36-28(20-25-13-15-27(38)16-14-25)31(40)34(19-17-24-9-5-3-6-10-24)22-29(36)37(35)32(41)33-21-26-11-7-4-8-12-26/h1,3-16,28-29,38H,17-23H2,(H,33,41)/t28-,29-/m0/s1. The van der Waals surface area contributed by atoms with Gasteiger partial charge >= 0.3 is 6.03 Å². The van der Waals surface area contributed by atoms with Crippen LogP contribution in [0, 0.1) is 12.3 Å². The Morgan fingerprint density at radius 3 is 2.24 bits per heavy atom. The third kappa shape index (κ3) is 6.34. The Bertz CT molecular complexity index is 1410. The predicted molar refractivity (Wildman–Crippen MR) is 154 cm³/mol. The Kier molecular flexibility index (Phi) is 8.51. The maximum atomic E-state index is 13.9. The van der Waals surface area contributed by atoms with Gasteiger partial charge in [-0.25, -0.2) is 9.80 Å². The van der Waals surface area contributed by atoms with Crippen LogP contribution in [-0.2, 0) is 29.0 Å². The van der Waals surface area contributed by atoms with Gasteiger partial charge in [-0.2, -0.15) is 5.01 Å². The van der Waals surface area contributed by atoms with Gasteiger partial charge in [-0.1, -0.05) is 78.7 Å². The number of fused-ring (bicyclic) bond motifs is 1. The summed E-state index contributed by atoms with van der Waals surface area (Å²) in [5, 5.41) is 15.8. The largest absolute Gasteiger partial charge is 0.508 e. The number of carbonyl (C=O) groups excluding carboxylic acids is 3. The number of rotatable bonds is 8. The van der Waals surface area contributed by atoms with E-state index >= 15 is 0 Å². The number of urea groups is 1. The molecular weight excluding hydrogens is 518 g/mol. The summed E-state index contributed by atoms with van der Waals surface area (Å²) in [5.41, 5.74) is 2.82. The molecule has 9 nitrogen and oxygen atoms in total. The first-order chi connectivity index (χ1) is 19.9. The van der Waals surface area contributed by atoms with E-state index in [1.165, 1.54) is 5.01 Å². The minimum absolute atomic E-state index is 0.0649. The molecule has 0 bridgehead atoms. The van der Waals surface area contributed by atoms with Crippen LogP contribution in [0.5, 0.6) is 5.75 Å². The quantitative estimate of drug-likeness (QED) is 0.420. The second-order valence-corrected chi connectivity index (χ2v) is 10.2. The number of phenolic OH excluding ortho intramolecular Hbond substituents is 1. The fourth-order valence-electron chi connectivity index (χ4n) is 5.46. The summed E-state index contributed by atoms with van der Waals surface area (Å²) in [4.78, 5) is 44.5. The Balaban J connectivity index is 1.46. The molecule has 2 aliphatic rings. The normalized spacial score (nSPS) is 19.0. The van der Waals surface area contributed by atoms with E-state index < -0.39 is 18.2 Å². The fourth-order valence-corrected chi connectivity index (χ4v) is 5.46. The van der Waals surface area contributed by atoms with Gasteiger partial charge in [0.25, 0.3) is 0 Å². The third-order valence-electron chi connectivity index (χ3n) is 7.48. The summed E-state index contributed by atoms with van der Waals surface area (Å²) in [7, 11) is 0. The fraction of sp³-hybridized carbons (Fsp3) is 0.281. The van der Waals surface area contributed by atoms with Gasteiger partial charge in [0.15, 0.2) is 0 Å². The first kappa shape index (κ1) is 27.7. The zero-order valence-corrected chi connectivity index (χ0v) is 22.7. The van der Waals surface area contributed by atoms with Crippen molar-refractivity contribution in [1.82, 2.24) is 25.1 Å². The van der Waals surface area contributed by atoms with Crippen LogP contribution in [0.3, 0.4) is 0 Å². The molecule has 0 spiro atoms. The van der Waals surface area contributed by atoms with Crippen molar-refractivity contribution < 1.29 is 19.5 Å². The number of hydrogen-bond acceptors (Lipinski definition) is 5. The maximum Gasteiger partial charge on any atom is 0.334 e. The molecule has 0 aromatic heterocycles. The van der Waals surface area contributed by atoms with E-state index in [1.807, 2.05) is 60.7 Å². The minimum Gasteiger partial charge on any atom is -0.508 e. The van der Waals surface area contributed by atoms with E-state index in [1.54, 1.807) is 39.1 Å². The molecule has 2 heterocycles. The Morgan fingerprint density at radius 1 is 0.927 bits per heavy atom. The average Bonchev–Trinajstić information content (AvgIpc) is 2.99. The van der Waals surface area contributed by atoms with Crippen LogP contribution in [0.2, 0.25) is 0 Å². The number of terminal acetylenes is 1. The van der Waals surface area contributed by atoms with Crippen LogP contribution >= 0.6 is 0 Å². The van der Waals surface area contributed by atoms with E-state index in [0.717, 1.165) is 16.7 Å². The molecule has 0 saturated carbocycles. The lowest BCUT2D eigenvalue weighted by Gasteiger charge is -2.55. The first-order valence-corrected chi connectivity index (χ1v) is 13.7. The molecule has 3 aromatic rings. The van der Waals surface area contributed by atoms with Gasteiger partial charge in [-0.05, 0) is 35.2 Å². The van der Waals surface area contributed by atoms with Crippen LogP contribution in [0.15, 0.2) is 84.9 Å². The van der Waals surface area contributed by atoms with Crippen LogP contribution < -0.4 is 5.32 Å². The van der Waals surface area contributed by atoms with Gasteiger partial charge in [0.2, 0.25) is 11.8 Å². The Morgan fingerprint density at radius 2 is 1.59 bits per heavy atom. The highest BCUT2D eigenvalue weighted by molar-refractivity contribution is 5.91. The van der Waals surface area contributed by atoms with Gasteiger partial charge in [0.05, 0.1) is 19.6 Å². The zero-order valence-electron chi connectivity index (χ0n) is 22.7. The average molecular weight is 552 g/mol. The van der Waals surface area contributed by atoms with Crippen molar-refractivity contribution in [3.8, 4) is 18.1 Å². The van der Waals surface area contributed by atoms with Crippen molar-refractivity contribution in [3.05, 3.63) is 102 Å². The van der Waals surface area contributed by atoms with Gasteiger partial charge < -0.3 is 20.2 Å². The number of nitrogens with one attached hydrogen (secondary N) is 1. The highest BCUT2D eigenvalue weighted by Gasteiger charge is 2.51. The molecule has 4 amide bonds. The molecule has 2 N–H and O–H groups in total. The molecule has 0 unspecified atom stereocenters. The van der Waals surface area contributed by atoms with Gasteiger partial charge in [0, 0.05) is 19.5 Å². The molecule has 2 atom stereocenters. The van der Waals surface area contributed by atoms with E-state index in [4.69, 9.17) is 6.42 Å². The molecule has 41 heavy (non-hydrogen) atoms. The van der Waals surface area contributed by atoms with Crippen molar-refractivity contribution in [2.75, 3.05) is 26.2 Å². The number of benzene rings is 3. The lowest BCUT2D eigenvalue weighted by atomic mass is 9.98. The molecule has 9 heteroatoms. The second kappa shape index (κ2) is 12.6. The molecule has 5 rings (SSSR count). The van der Waals surface area contributed by atoms with Gasteiger partial charge in [-0.15, -0.1) is 6.42 Å². The predicted octanol–water partition coefficient (Wildman–Crippen LogP) is 2.62. The third-order valence-corrected chi connectivity index (χ3v) is 7.48. The highest BCUT2D eigenvalue weighted by atomic mass is 16.3. The van der Waals surface area contributed by atoms with E-state index in [2.05, 4.69) is 11.2 Å². The number of amides is 4. The number of aromatic hydroxyl groups is 1. The maximum absolute atomic E-state index is 13.9. The van der Waals surface area contributed by atoms with E-state index in [9.17, 15) is 19.5 Å². The van der Waals surface area contributed by atoms with Crippen molar-refractivity contribution >= 4 is 17.8 Å². The summed E-state index contributed by atoms with van der Waals surface area (Å²) in [6.45, 7) is 0.831. The molecule has 2 saturated heterocycles. The van der Waals surface area contributed by atoms with E-state index in [0.29, 0.717) is 19.5 Å². The van der Waals surface area contributed by atoms with Gasteiger partial charge in [-0.3, -0.25) is 9.59 Å². The zero-order chi connectivity index (χ0) is 28.8. The molecule has 0 radical (unpaired) electrons. The Labute approximate surface area is 239 Å². The lowest BCUT2D eigenvalue weighted by molar-refractivity contribution is -0.188. The van der Waals surface area contributed by atoms with Crippen molar-refractivity contribution in [2.24, 2.45) is 0 Å². The van der Waals surface area contributed by atoms with Crippen molar-refractivity contribution in [3.63, 3.8) is 0 Å². The molecule has 0 aliphatic carbocycles. The molecule has 2 aliphatic heterocycles. The SMILES string of the molecule is C#CCN1CC(=O)N2[C@@H](Cc3ccc(O)cc3)C(=O)N(CCc3ccccc3)C[C@@H]2N1C(=O)NCc1ccccc1. The summed E-state index contributed by atoms with van der Waals surface area (Å²) < 4.78 is 0. The first-order valence-electron chi connectivity index (χ1n) is 13.7. The smallest absolute Gasteiger partial charge is 0.334 e. The monoisotopic (exact) mass is 551 g/mol. The summed E-state index contributed by atoms with van der Waals surface area (Å²) in [5.74, 6) is 2.24. The van der Waals surface area contributed by atoms with Crippen molar-refractivity contribution in [2.45, 2.75) is 31.6 Å². The van der Waals surface area contributed by atoms with Crippen LogP contribution in [0.4, 0.5) is 4.79 Å². The van der Waals surface area contributed by atoms with Gasteiger partial charge in [0.1, 0.15) is 18.0 Å². The van der Waals surface area contributed by atoms with Crippen LogP contribution in [0.1, 0.15) is 16.7 Å². The number of piperazine rings is 1. The number of nitrogens with zero attached hydrogens (tertiary/aromatic N) is 4. The number of phenols is 1. The Hall–Kier alpha value is -4.81. The molecule has 2 fully saturated rings. The molecule has 210 valence electrons. The van der Waals surface area contributed by atoms with Crippen LogP contribution in [0.25, 0.3) is 0 Å². The molecular formula is C32H33N5O4. The topological polar surface area (TPSA) is 96.4 Å². The number of hydrogen-bond donors (Lipinski definition) is 2. The minimum atomic E-state index is -0.820. The second-order valence-electron chi connectivity index (χ2n) is 10.2. The van der Waals surface area contributed by atoms with Crippen molar-refractivity contribution in [1.29, 1.82) is 0 Å². The summed E-state index contributed by atoms with van der Waals surface area (Å²) >= 11 is 0. The summed E-state index contributed by atoms with van der Waals surface area (Å²) in [6.07, 6.45) is 5.78. The lowest BCUT2D eigenvalue weighted by Crippen LogP contribution is -2.76. The van der Waals surface area contributed by atoms with Crippen LogP contribution in [-0.4, -0.2) is 81.2 Å².